The van der Waals surface area contributed by atoms with E-state index in [4.69, 9.17) is 10.5 Å². The topological polar surface area (TPSA) is 126 Å². The van der Waals surface area contributed by atoms with E-state index >= 15 is 0 Å². The molecule has 1 fully saturated rings. The number of nitrogens with zero attached hydrogens (tertiary/aromatic N) is 2. The summed E-state index contributed by atoms with van der Waals surface area (Å²) in [7, 11) is 0. The van der Waals surface area contributed by atoms with Crippen LogP contribution in [0.4, 0.5) is 16.2 Å². The Balaban J connectivity index is 1.67. The molecule has 3 rings (SSSR count). The summed E-state index contributed by atoms with van der Waals surface area (Å²) in [5.41, 5.74) is 7.93. The first-order chi connectivity index (χ1) is 13.2. The van der Waals surface area contributed by atoms with E-state index in [0.717, 1.165) is 37.2 Å². The van der Waals surface area contributed by atoms with Crippen LogP contribution in [0.2, 0.25) is 0 Å². The van der Waals surface area contributed by atoms with Gasteiger partial charge in [0.2, 0.25) is 0 Å². The van der Waals surface area contributed by atoms with Crippen molar-refractivity contribution in [2.24, 2.45) is 5.92 Å². The molecule has 1 atom stereocenters. The first-order valence-electron chi connectivity index (χ1n) is 9.39. The number of benzene rings is 1. The van der Waals surface area contributed by atoms with Crippen LogP contribution < -0.4 is 21.7 Å². The molecule has 0 aliphatic carbocycles. The summed E-state index contributed by atoms with van der Waals surface area (Å²) in [6.45, 7) is 7.69. The van der Waals surface area contributed by atoms with E-state index in [0.29, 0.717) is 18.1 Å². The highest BCUT2D eigenvalue weighted by Gasteiger charge is 2.24. The van der Waals surface area contributed by atoms with Crippen LogP contribution in [0.3, 0.4) is 0 Å². The fourth-order valence-electron chi connectivity index (χ4n) is 3.31. The molecular weight excluding hydrogens is 362 g/mol. The minimum absolute atomic E-state index is 0.288. The molecule has 4 N–H and O–H groups in total. The van der Waals surface area contributed by atoms with Crippen LogP contribution in [-0.2, 0) is 4.74 Å². The van der Waals surface area contributed by atoms with Crippen molar-refractivity contribution in [3.8, 4) is 11.4 Å². The second-order valence-corrected chi connectivity index (χ2v) is 8.05. The Morgan fingerprint density at radius 1 is 1.46 bits per heavy atom. The van der Waals surface area contributed by atoms with Gasteiger partial charge in [-0.1, -0.05) is 5.16 Å². The molecule has 2 heterocycles. The largest absolute Gasteiger partial charge is 0.444 e. The number of aromatic amines is 1. The number of alkyl carbamates (subject to hydrolysis) is 1. The van der Waals surface area contributed by atoms with E-state index in [1.807, 2.05) is 26.8 Å². The molecule has 9 nitrogen and oxygen atoms in total. The number of nitrogens with two attached hydrogens (primary N) is 1. The first-order valence-corrected chi connectivity index (χ1v) is 9.39. The predicted molar refractivity (Wildman–Crippen MR) is 106 cm³/mol. The Kier molecular flexibility index (Phi) is 5.62. The third-order valence-electron chi connectivity index (χ3n) is 4.54. The van der Waals surface area contributed by atoms with E-state index < -0.39 is 17.5 Å². The predicted octanol–water partition coefficient (Wildman–Crippen LogP) is 2.35. The van der Waals surface area contributed by atoms with Gasteiger partial charge in [-0.05, 0) is 57.7 Å². The summed E-state index contributed by atoms with van der Waals surface area (Å²) < 4.78 is 9.88. The molecule has 1 unspecified atom stereocenters. The van der Waals surface area contributed by atoms with Crippen LogP contribution in [0.15, 0.2) is 27.5 Å². The fraction of sp³-hybridized carbons (Fsp3) is 0.526. The summed E-state index contributed by atoms with van der Waals surface area (Å²) in [5, 5.41) is 6.59. The van der Waals surface area contributed by atoms with Crippen molar-refractivity contribution < 1.29 is 14.1 Å². The quantitative estimate of drug-likeness (QED) is 0.685. The van der Waals surface area contributed by atoms with Gasteiger partial charge in [-0.2, -0.15) is 0 Å². The van der Waals surface area contributed by atoms with Crippen molar-refractivity contribution in [1.29, 1.82) is 0 Å². The Hall–Kier alpha value is -2.97. The molecule has 1 saturated heterocycles. The van der Waals surface area contributed by atoms with Gasteiger partial charge in [-0.15, -0.1) is 0 Å². The van der Waals surface area contributed by atoms with Crippen LogP contribution in [0.25, 0.3) is 11.4 Å². The van der Waals surface area contributed by atoms with Crippen LogP contribution in [0.5, 0.6) is 0 Å². The molecule has 1 aliphatic heterocycles. The number of piperidine rings is 1. The minimum atomic E-state index is -0.598. The van der Waals surface area contributed by atoms with Crippen molar-refractivity contribution in [1.82, 2.24) is 15.5 Å². The monoisotopic (exact) mass is 389 g/mol. The second-order valence-electron chi connectivity index (χ2n) is 8.05. The number of carbonyl (C=O) groups is 1. The van der Waals surface area contributed by atoms with Crippen molar-refractivity contribution in [2.45, 2.75) is 39.2 Å². The molecule has 2 aromatic rings. The molecule has 0 spiro atoms. The zero-order chi connectivity index (χ0) is 20.3. The minimum Gasteiger partial charge on any atom is -0.444 e. The number of nitrogens with one attached hydrogen (secondary N) is 2. The van der Waals surface area contributed by atoms with Gasteiger partial charge in [-0.3, -0.25) is 9.51 Å². The Morgan fingerprint density at radius 2 is 2.25 bits per heavy atom. The molecule has 152 valence electrons. The van der Waals surface area contributed by atoms with Gasteiger partial charge >= 0.3 is 11.8 Å². The Labute approximate surface area is 163 Å². The smallest absolute Gasteiger partial charge is 0.439 e. The lowest BCUT2D eigenvalue weighted by Crippen LogP contribution is -2.42. The maximum atomic E-state index is 11.9. The molecule has 1 amide bonds. The maximum Gasteiger partial charge on any atom is 0.439 e. The number of rotatable bonds is 4. The highest BCUT2D eigenvalue weighted by Crippen LogP contribution is 2.31. The second kappa shape index (κ2) is 7.95. The molecule has 28 heavy (non-hydrogen) atoms. The zero-order valence-electron chi connectivity index (χ0n) is 16.4. The van der Waals surface area contributed by atoms with E-state index in [9.17, 15) is 9.59 Å². The number of carbonyl (C=O) groups excluding carboxylic acids is 1. The average molecular weight is 389 g/mol. The fourth-order valence-corrected chi connectivity index (χ4v) is 3.31. The summed E-state index contributed by atoms with van der Waals surface area (Å²) in [5.74, 6) is 0.0576. The molecule has 0 bridgehead atoms. The number of hydrogen-bond donors (Lipinski definition) is 3. The van der Waals surface area contributed by atoms with E-state index in [1.54, 1.807) is 12.1 Å². The van der Waals surface area contributed by atoms with Gasteiger partial charge < -0.3 is 20.7 Å². The van der Waals surface area contributed by atoms with Gasteiger partial charge in [0.1, 0.15) is 5.60 Å². The summed E-state index contributed by atoms with van der Waals surface area (Å²) >= 11 is 0. The number of ether oxygens (including phenoxy) is 1. The molecular formula is C19H27N5O4. The highest BCUT2D eigenvalue weighted by atomic mass is 16.6. The summed E-state index contributed by atoms with van der Waals surface area (Å²) in [6.07, 6.45) is 1.61. The number of amides is 1. The Bertz CT molecular complexity index is 883. The van der Waals surface area contributed by atoms with Crippen LogP contribution in [0.1, 0.15) is 33.6 Å². The van der Waals surface area contributed by atoms with Crippen molar-refractivity contribution in [3.63, 3.8) is 0 Å². The molecule has 1 aromatic heterocycles. The lowest BCUT2D eigenvalue weighted by molar-refractivity contribution is 0.0517. The van der Waals surface area contributed by atoms with Gasteiger partial charge in [0.05, 0.1) is 11.4 Å². The molecule has 1 aromatic carbocycles. The number of anilines is 2. The van der Waals surface area contributed by atoms with Crippen molar-refractivity contribution in [3.05, 3.63) is 28.7 Å². The third-order valence-corrected chi connectivity index (χ3v) is 4.54. The lowest BCUT2D eigenvalue weighted by atomic mass is 9.97. The standard InChI is InChI=1S/C19H27N5O4/c1-19(2,3)27-17(25)21-10-12-5-4-8-24(11-12)15-9-13(6-7-14(15)20)16-22-18(26)28-23-16/h6-7,9,12H,4-5,8,10-11,20H2,1-3H3,(H,21,25)(H,22,23,26). The van der Waals surface area contributed by atoms with Crippen LogP contribution in [0, 0.1) is 5.92 Å². The van der Waals surface area contributed by atoms with E-state index in [2.05, 4.69) is 24.9 Å². The highest BCUT2D eigenvalue weighted by molar-refractivity contribution is 5.74. The average Bonchev–Trinajstić information content (AvgIpc) is 3.06. The first kappa shape index (κ1) is 19.8. The van der Waals surface area contributed by atoms with E-state index in [1.165, 1.54) is 0 Å². The number of hydrogen-bond acceptors (Lipinski definition) is 7. The van der Waals surface area contributed by atoms with Gasteiger partial charge in [-0.25, -0.2) is 9.59 Å². The maximum absolute atomic E-state index is 11.9. The molecule has 1 aliphatic rings. The normalized spacial score (nSPS) is 17.4. The number of nitrogen functional groups attached to an aromatic ring is 1. The SMILES string of the molecule is CC(C)(C)OC(=O)NCC1CCCN(c2cc(-c3noc(=O)[nH]3)ccc2N)C1. The van der Waals surface area contributed by atoms with Crippen LogP contribution >= 0.6 is 0 Å². The lowest BCUT2D eigenvalue weighted by Gasteiger charge is -2.35. The summed E-state index contributed by atoms with van der Waals surface area (Å²) in [6, 6.07) is 5.48. The van der Waals surface area contributed by atoms with Gasteiger partial charge in [0, 0.05) is 25.2 Å². The van der Waals surface area contributed by atoms with Gasteiger partial charge in [0.15, 0.2) is 5.82 Å². The Morgan fingerprint density at radius 3 is 2.93 bits per heavy atom. The summed E-state index contributed by atoms with van der Waals surface area (Å²) in [4.78, 5) is 27.9. The number of H-pyrrole nitrogens is 1. The third kappa shape index (κ3) is 5.05. The zero-order valence-corrected chi connectivity index (χ0v) is 16.4. The van der Waals surface area contributed by atoms with Crippen molar-refractivity contribution >= 4 is 17.5 Å². The molecule has 0 radical (unpaired) electrons. The molecule has 0 saturated carbocycles. The number of aromatic nitrogens is 2. The van der Waals surface area contributed by atoms with Gasteiger partial charge in [0.25, 0.3) is 0 Å². The molecule has 9 heteroatoms. The van der Waals surface area contributed by atoms with Crippen molar-refractivity contribution in [2.75, 3.05) is 30.3 Å². The van der Waals surface area contributed by atoms with E-state index in [-0.39, 0.29) is 5.92 Å². The van der Waals surface area contributed by atoms with Crippen LogP contribution in [-0.4, -0.2) is 41.5 Å².